The highest BCUT2D eigenvalue weighted by Crippen LogP contribution is 2.32. The standard InChI is InChI=1S/C11H18N2OS/c1-2-3-9-6-8(4-5-14-9)10-7-15-11(12)13-10/h7-9H,2-6H2,1H3,(H2,12,13)/t8-,9-/m1/s1. The van der Waals surface area contributed by atoms with Gasteiger partial charge in [0.1, 0.15) is 0 Å². The number of thiazole rings is 1. The van der Waals surface area contributed by atoms with Crippen LogP contribution in [0.5, 0.6) is 0 Å². The molecule has 2 rings (SSSR count). The molecule has 1 saturated heterocycles. The average Bonchev–Trinajstić information content (AvgIpc) is 2.66. The van der Waals surface area contributed by atoms with E-state index in [0.29, 0.717) is 17.2 Å². The second-order valence-electron chi connectivity index (χ2n) is 4.11. The highest BCUT2D eigenvalue weighted by Gasteiger charge is 2.24. The van der Waals surface area contributed by atoms with Gasteiger partial charge in [0.25, 0.3) is 0 Å². The highest BCUT2D eigenvalue weighted by atomic mass is 32.1. The van der Waals surface area contributed by atoms with Crippen LogP contribution in [0, 0.1) is 0 Å². The van der Waals surface area contributed by atoms with Crippen molar-refractivity contribution in [2.45, 2.75) is 44.6 Å². The molecule has 15 heavy (non-hydrogen) atoms. The molecule has 0 bridgehead atoms. The topological polar surface area (TPSA) is 48.1 Å². The predicted octanol–water partition coefficient (Wildman–Crippen LogP) is 2.79. The zero-order valence-corrected chi connectivity index (χ0v) is 9.93. The van der Waals surface area contributed by atoms with Gasteiger partial charge in [0.05, 0.1) is 11.8 Å². The molecule has 0 amide bonds. The number of anilines is 1. The van der Waals surface area contributed by atoms with E-state index in [1.54, 1.807) is 0 Å². The quantitative estimate of drug-likeness (QED) is 0.862. The Hall–Kier alpha value is -0.610. The van der Waals surface area contributed by atoms with Gasteiger partial charge >= 0.3 is 0 Å². The first-order chi connectivity index (χ1) is 7.29. The Morgan fingerprint density at radius 2 is 2.53 bits per heavy atom. The van der Waals surface area contributed by atoms with Crippen LogP contribution >= 0.6 is 11.3 Å². The first kappa shape index (κ1) is 10.9. The van der Waals surface area contributed by atoms with Crippen molar-refractivity contribution in [3.05, 3.63) is 11.1 Å². The summed E-state index contributed by atoms with van der Waals surface area (Å²) in [5.41, 5.74) is 6.82. The SMILES string of the molecule is CCC[C@@H]1C[C@H](c2csc(N)n2)CCO1. The minimum atomic E-state index is 0.427. The molecule has 84 valence electrons. The lowest BCUT2D eigenvalue weighted by Crippen LogP contribution is -2.24. The first-order valence-electron chi connectivity index (χ1n) is 5.62. The van der Waals surface area contributed by atoms with Crippen LogP contribution in [0.1, 0.15) is 44.2 Å². The van der Waals surface area contributed by atoms with E-state index in [-0.39, 0.29) is 0 Å². The second-order valence-corrected chi connectivity index (χ2v) is 5.00. The third-order valence-electron chi connectivity index (χ3n) is 2.94. The molecule has 0 aromatic carbocycles. The van der Waals surface area contributed by atoms with Crippen LogP contribution in [0.4, 0.5) is 5.13 Å². The summed E-state index contributed by atoms with van der Waals surface area (Å²) >= 11 is 1.54. The van der Waals surface area contributed by atoms with Gasteiger partial charge in [0.2, 0.25) is 0 Å². The number of aromatic nitrogens is 1. The van der Waals surface area contributed by atoms with E-state index in [1.165, 1.54) is 23.5 Å². The maximum Gasteiger partial charge on any atom is 0.180 e. The maximum atomic E-state index is 5.72. The van der Waals surface area contributed by atoms with Gasteiger partial charge in [0.15, 0.2) is 5.13 Å². The van der Waals surface area contributed by atoms with Gasteiger partial charge in [-0.3, -0.25) is 0 Å². The molecule has 2 atom stereocenters. The van der Waals surface area contributed by atoms with Gasteiger partial charge in [-0.2, -0.15) is 0 Å². The fraction of sp³-hybridized carbons (Fsp3) is 0.727. The van der Waals surface area contributed by atoms with E-state index in [1.807, 2.05) is 0 Å². The summed E-state index contributed by atoms with van der Waals surface area (Å²) < 4.78 is 5.72. The molecule has 4 heteroatoms. The zero-order chi connectivity index (χ0) is 10.7. The number of hydrogen-bond donors (Lipinski definition) is 1. The molecule has 1 aromatic rings. The van der Waals surface area contributed by atoms with Gasteiger partial charge in [-0.15, -0.1) is 11.3 Å². The number of ether oxygens (including phenoxy) is 1. The first-order valence-corrected chi connectivity index (χ1v) is 6.50. The van der Waals surface area contributed by atoms with Crippen molar-refractivity contribution >= 4 is 16.5 Å². The van der Waals surface area contributed by atoms with Gasteiger partial charge in [-0.05, 0) is 19.3 Å². The van der Waals surface area contributed by atoms with Crippen LogP contribution in [-0.4, -0.2) is 17.7 Å². The van der Waals surface area contributed by atoms with E-state index < -0.39 is 0 Å². The largest absolute Gasteiger partial charge is 0.378 e. The van der Waals surface area contributed by atoms with Crippen LogP contribution in [0.2, 0.25) is 0 Å². The summed E-state index contributed by atoms with van der Waals surface area (Å²) in [5.74, 6) is 0.559. The number of nitrogens with two attached hydrogens (primary N) is 1. The summed E-state index contributed by atoms with van der Waals surface area (Å²) in [4.78, 5) is 4.37. The third-order valence-corrected chi connectivity index (χ3v) is 3.63. The van der Waals surface area contributed by atoms with E-state index in [0.717, 1.165) is 25.9 Å². The number of rotatable bonds is 3. The van der Waals surface area contributed by atoms with Crippen molar-refractivity contribution in [1.82, 2.24) is 4.98 Å². The van der Waals surface area contributed by atoms with Gasteiger partial charge in [-0.25, -0.2) is 4.98 Å². The van der Waals surface area contributed by atoms with E-state index in [2.05, 4.69) is 17.3 Å². The molecule has 0 saturated carbocycles. The van der Waals surface area contributed by atoms with Crippen LogP contribution in [-0.2, 0) is 4.74 Å². The van der Waals surface area contributed by atoms with Crippen molar-refractivity contribution < 1.29 is 4.74 Å². The van der Waals surface area contributed by atoms with Crippen molar-refractivity contribution in [2.24, 2.45) is 0 Å². The van der Waals surface area contributed by atoms with Crippen LogP contribution in [0.25, 0.3) is 0 Å². The van der Waals surface area contributed by atoms with Gasteiger partial charge in [0, 0.05) is 17.9 Å². The lowest BCUT2D eigenvalue weighted by molar-refractivity contribution is 0.00112. The van der Waals surface area contributed by atoms with E-state index in [9.17, 15) is 0 Å². The Morgan fingerprint density at radius 1 is 1.67 bits per heavy atom. The Bertz CT molecular complexity index is 311. The third kappa shape index (κ3) is 2.69. The lowest BCUT2D eigenvalue weighted by Gasteiger charge is -2.28. The minimum Gasteiger partial charge on any atom is -0.378 e. The molecule has 1 aliphatic rings. The molecule has 2 N–H and O–H groups in total. The maximum absolute atomic E-state index is 5.72. The number of nitrogens with zero attached hydrogens (tertiary/aromatic N) is 1. The fourth-order valence-corrected chi connectivity index (χ4v) is 2.80. The Kier molecular flexibility index (Phi) is 3.59. The molecule has 1 aliphatic heterocycles. The lowest BCUT2D eigenvalue weighted by atomic mass is 9.91. The predicted molar refractivity (Wildman–Crippen MR) is 63.1 cm³/mol. The Labute approximate surface area is 94.7 Å². The Balaban J connectivity index is 1.98. The summed E-state index contributed by atoms with van der Waals surface area (Å²) in [6.07, 6.45) is 4.98. The summed E-state index contributed by atoms with van der Waals surface area (Å²) in [5, 5.41) is 2.78. The minimum absolute atomic E-state index is 0.427. The molecular weight excluding hydrogens is 208 g/mol. The molecule has 1 aromatic heterocycles. The summed E-state index contributed by atoms with van der Waals surface area (Å²) in [6, 6.07) is 0. The Morgan fingerprint density at radius 3 is 3.20 bits per heavy atom. The fourth-order valence-electron chi connectivity index (χ4n) is 2.16. The molecule has 1 fully saturated rings. The van der Waals surface area contributed by atoms with Gasteiger partial charge < -0.3 is 10.5 Å². The van der Waals surface area contributed by atoms with E-state index >= 15 is 0 Å². The highest BCUT2D eigenvalue weighted by molar-refractivity contribution is 7.13. The molecule has 0 spiro atoms. The normalized spacial score (nSPS) is 26.7. The van der Waals surface area contributed by atoms with Crippen molar-refractivity contribution in [3.63, 3.8) is 0 Å². The molecule has 0 radical (unpaired) electrons. The molecule has 3 nitrogen and oxygen atoms in total. The zero-order valence-electron chi connectivity index (χ0n) is 9.11. The summed E-state index contributed by atoms with van der Waals surface area (Å²) in [7, 11) is 0. The summed E-state index contributed by atoms with van der Waals surface area (Å²) in [6.45, 7) is 3.07. The van der Waals surface area contributed by atoms with Crippen molar-refractivity contribution in [2.75, 3.05) is 12.3 Å². The van der Waals surface area contributed by atoms with Crippen LogP contribution in [0.15, 0.2) is 5.38 Å². The van der Waals surface area contributed by atoms with Gasteiger partial charge in [-0.1, -0.05) is 13.3 Å². The van der Waals surface area contributed by atoms with Crippen LogP contribution in [0.3, 0.4) is 0 Å². The van der Waals surface area contributed by atoms with E-state index in [4.69, 9.17) is 10.5 Å². The second kappa shape index (κ2) is 4.94. The van der Waals surface area contributed by atoms with Crippen LogP contribution < -0.4 is 5.73 Å². The molecule has 0 unspecified atom stereocenters. The molecule has 0 aliphatic carbocycles. The molecular formula is C11H18N2OS. The number of nitrogen functional groups attached to an aromatic ring is 1. The number of hydrogen-bond acceptors (Lipinski definition) is 4. The van der Waals surface area contributed by atoms with Crippen molar-refractivity contribution in [1.29, 1.82) is 0 Å². The molecule has 2 heterocycles. The monoisotopic (exact) mass is 226 g/mol. The smallest absolute Gasteiger partial charge is 0.180 e. The average molecular weight is 226 g/mol. The van der Waals surface area contributed by atoms with Crippen molar-refractivity contribution in [3.8, 4) is 0 Å².